The summed E-state index contributed by atoms with van der Waals surface area (Å²) in [7, 11) is 0. The number of carbonyl (C=O) groups is 1. The molecule has 3 nitrogen and oxygen atoms in total. The van der Waals surface area contributed by atoms with Gasteiger partial charge in [-0.25, -0.2) is 0 Å². The van der Waals surface area contributed by atoms with Crippen molar-refractivity contribution in [3.8, 4) is 0 Å². The predicted molar refractivity (Wildman–Crippen MR) is 86.2 cm³/mol. The quantitative estimate of drug-likeness (QED) is 0.539. The highest BCUT2D eigenvalue weighted by molar-refractivity contribution is 5.75. The van der Waals surface area contributed by atoms with E-state index in [1.807, 2.05) is 0 Å². The molecule has 2 rings (SSSR count). The van der Waals surface area contributed by atoms with Gasteiger partial charge in [0, 0.05) is 6.04 Å². The highest BCUT2D eigenvalue weighted by Gasteiger charge is 2.34. The van der Waals surface area contributed by atoms with Crippen LogP contribution in [-0.2, 0) is 9.53 Å². The molecule has 0 radical (unpaired) electrons. The second-order valence-electron chi connectivity index (χ2n) is 6.88. The lowest BCUT2D eigenvalue weighted by Gasteiger charge is -2.39. The van der Waals surface area contributed by atoms with Crippen molar-refractivity contribution in [2.75, 3.05) is 6.61 Å². The molecule has 0 aromatic carbocycles. The number of hydrogen-bond acceptors (Lipinski definition) is 3. The Balaban J connectivity index is 1.56. The molecule has 1 N–H and O–H groups in total. The molecular formula is C18H33NO2. The lowest BCUT2D eigenvalue weighted by Crippen LogP contribution is -2.52. The van der Waals surface area contributed by atoms with Gasteiger partial charge in [0.25, 0.3) is 0 Å². The Morgan fingerprint density at radius 2 is 1.76 bits per heavy atom. The fraction of sp³-hybridized carbons (Fsp3) is 0.944. The molecule has 0 amide bonds. The molecule has 1 aliphatic heterocycles. The van der Waals surface area contributed by atoms with E-state index in [0.717, 1.165) is 18.8 Å². The van der Waals surface area contributed by atoms with Crippen LogP contribution in [0.1, 0.15) is 84.0 Å². The molecule has 2 fully saturated rings. The van der Waals surface area contributed by atoms with Gasteiger partial charge in [-0.15, -0.1) is 0 Å². The lowest BCUT2D eigenvalue weighted by atomic mass is 9.78. The van der Waals surface area contributed by atoms with E-state index >= 15 is 0 Å². The summed E-state index contributed by atoms with van der Waals surface area (Å²) in [5, 5.41) is 3.55. The van der Waals surface area contributed by atoms with Crippen LogP contribution in [0.15, 0.2) is 0 Å². The summed E-state index contributed by atoms with van der Waals surface area (Å²) in [5.41, 5.74) is 0. The average Bonchev–Trinajstić information content (AvgIpc) is 2.53. The zero-order valence-corrected chi connectivity index (χ0v) is 13.7. The third kappa shape index (κ3) is 5.61. The maximum atomic E-state index is 12.1. The highest BCUT2D eigenvalue weighted by Crippen LogP contribution is 2.32. The summed E-state index contributed by atoms with van der Waals surface area (Å²) in [4.78, 5) is 12.1. The number of rotatable bonds is 8. The Morgan fingerprint density at radius 1 is 1.00 bits per heavy atom. The first-order valence-corrected chi connectivity index (χ1v) is 9.24. The van der Waals surface area contributed by atoms with E-state index in [1.54, 1.807) is 0 Å². The molecule has 3 atom stereocenters. The summed E-state index contributed by atoms with van der Waals surface area (Å²) >= 11 is 0. The minimum atomic E-state index is -0.0376. The molecule has 2 aliphatic rings. The van der Waals surface area contributed by atoms with Crippen LogP contribution in [0.2, 0.25) is 0 Å². The monoisotopic (exact) mass is 295 g/mol. The first-order valence-electron chi connectivity index (χ1n) is 9.24. The number of esters is 1. The summed E-state index contributed by atoms with van der Waals surface area (Å²) in [6.45, 7) is 2.84. The summed E-state index contributed by atoms with van der Waals surface area (Å²) < 4.78 is 5.47. The molecular weight excluding hydrogens is 262 g/mol. The molecule has 1 aliphatic carbocycles. The van der Waals surface area contributed by atoms with Crippen LogP contribution in [0.5, 0.6) is 0 Å². The van der Waals surface area contributed by atoms with Crippen LogP contribution in [0, 0.1) is 5.92 Å². The van der Waals surface area contributed by atoms with Crippen LogP contribution >= 0.6 is 0 Å². The number of unbranched alkanes of at least 4 members (excludes halogenated alkanes) is 5. The second kappa shape index (κ2) is 9.45. The molecule has 3 heteroatoms. The fourth-order valence-corrected chi connectivity index (χ4v) is 3.84. The van der Waals surface area contributed by atoms with Gasteiger partial charge >= 0.3 is 5.97 Å². The molecule has 3 unspecified atom stereocenters. The fourth-order valence-electron chi connectivity index (χ4n) is 3.84. The number of hydrogen-bond donors (Lipinski definition) is 1. The SMILES string of the molecule is CCCCCCCCOC(=O)C1CCC2CCCCC2N1. The average molecular weight is 295 g/mol. The molecule has 0 spiro atoms. The Labute approximate surface area is 130 Å². The third-order valence-electron chi connectivity index (χ3n) is 5.18. The molecule has 0 aromatic heterocycles. The Bertz CT molecular complexity index is 306. The maximum absolute atomic E-state index is 12.1. The van der Waals surface area contributed by atoms with E-state index in [9.17, 15) is 4.79 Å². The molecule has 0 bridgehead atoms. The van der Waals surface area contributed by atoms with Crippen LogP contribution < -0.4 is 5.32 Å². The highest BCUT2D eigenvalue weighted by atomic mass is 16.5. The van der Waals surface area contributed by atoms with Crippen LogP contribution in [-0.4, -0.2) is 24.7 Å². The van der Waals surface area contributed by atoms with Gasteiger partial charge < -0.3 is 10.1 Å². The summed E-state index contributed by atoms with van der Waals surface area (Å²) in [6.07, 6.45) is 14.9. The smallest absolute Gasteiger partial charge is 0.323 e. The van der Waals surface area contributed by atoms with E-state index in [1.165, 1.54) is 64.2 Å². The van der Waals surface area contributed by atoms with Gasteiger partial charge in [0.1, 0.15) is 6.04 Å². The maximum Gasteiger partial charge on any atom is 0.323 e. The van der Waals surface area contributed by atoms with Gasteiger partial charge in [-0.1, -0.05) is 51.9 Å². The van der Waals surface area contributed by atoms with Crippen molar-refractivity contribution in [1.82, 2.24) is 5.32 Å². The summed E-state index contributed by atoms with van der Waals surface area (Å²) in [5.74, 6) is 0.800. The molecule has 21 heavy (non-hydrogen) atoms. The van der Waals surface area contributed by atoms with Gasteiger partial charge in [-0.2, -0.15) is 0 Å². The Hall–Kier alpha value is -0.570. The first kappa shape index (κ1) is 16.8. The van der Waals surface area contributed by atoms with Crippen molar-refractivity contribution in [3.05, 3.63) is 0 Å². The van der Waals surface area contributed by atoms with E-state index in [4.69, 9.17) is 4.74 Å². The summed E-state index contributed by atoms with van der Waals surface area (Å²) in [6, 6.07) is 0.531. The van der Waals surface area contributed by atoms with Crippen molar-refractivity contribution in [1.29, 1.82) is 0 Å². The zero-order valence-electron chi connectivity index (χ0n) is 13.7. The largest absolute Gasteiger partial charge is 0.465 e. The van der Waals surface area contributed by atoms with Crippen LogP contribution in [0.25, 0.3) is 0 Å². The Kier molecular flexibility index (Phi) is 7.56. The van der Waals surface area contributed by atoms with E-state index in [2.05, 4.69) is 12.2 Å². The van der Waals surface area contributed by atoms with Gasteiger partial charge in [-0.05, 0) is 38.0 Å². The molecule has 1 saturated carbocycles. The predicted octanol–water partition coefficient (Wildman–Crippen LogP) is 4.20. The van der Waals surface area contributed by atoms with E-state index in [-0.39, 0.29) is 12.0 Å². The molecule has 1 heterocycles. The third-order valence-corrected chi connectivity index (χ3v) is 5.18. The Morgan fingerprint density at radius 3 is 2.62 bits per heavy atom. The number of ether oxygens (including phenoxy) is 1. The van der Waals surface area contributed by atoms with Gasteiger partial charge in [0.2, 0.25) is 0 Å². The van der Waals surface area contributed by atoms with Gasteiger partial charge in [-0.3, -0.25) is 4.79 Å². The minimum Gasteiger partial charge on any atom is -0.465 e. The number of nitrogens with one attached hydrogen (secondary N) is 1. The van der Waals surface area contributed by atoms with Gasteiger partial charge in [0.15, 0.2) is 0 Å². The first-order chi connectivity index (χ1) is 10.3. The minimum absolute atomic E-state index is 0.00687. The molecule has 1 saturated heterocycles. The molecule has 122 valence electrons. The standard InChI is InChI=1S/C18H33NO2/c1-2-3-4-5-6-9-14-21-18(20)17-13-12-15-10-7-8-11-16(15)19-17/h15-17,19H,2-14H2,1H3. The van der Waals surface area contributed by atoms with Gasteiger partial charge in [0.05, 0.1) is 6.61 Å². The zero-order chi connectivity index (χ0) is 14.9. The van der Waals surface area contributed by atoms with Crippen LogP contribution in [0.3, 0.4) is 0 Å². The van der Waals surface area contributed by atoms with Crippen molar-refractivity contribution in [2.45, 2.75) is 96.1 Å². The second-order valence-corrected chi connectivity index (χ2v) is 6.88. The lowest BCUT2D eigenvalue weighted by molar-refractivity contribution is -0.147. The van der Waals surface area contributed by atoms with Crippen molar-refractivity contribution >= 4 is 5.97 Å². The molecule has 0 aromatic rings. The van der Waals surface area contributed by atoms with E-state index < -0.39 is 0 Å². The normalized spacial score (nSPS) is 28.9. The van der Waals surface area contributed by atoms with Crippen molar-refractivity contribution in [3.63, 3.8) is 0 Å². The van der Waals surface area contributed by atoms with Crippen molar-refractivity contribution < 1.29 is 9.53 Å². The number of carbonyl (C=O) groups excluding carboxylic acids is 1. The topological polar surface area (TPSA) is 38.3 Å². The van der Waals surface area contributed by atoms with Crippen molar-refractivity contribution in [2.24, 2.45) is 5.92 Å². The number of piperidine rings is 1. The van der Waals surface area contributed by atoms with Crippen LogP contribution in [0.4, 0.5) is 0 Å². The number of fused-ring (bicyclic) bond motifs is 1. The van der Waals surface area contributed by atoms with E-state index in [0.29, 0.717) is 12.6 Å².